The van der Waals surface area contributed by atoms with E-state index >= 15 is 0 Å². The largest absolute Gasteiger partial charge is 0.343 e. The second-order valence-electron chi connectivity index (χ2n) is 5.24. The van der Waals surface area contributed by atoms with E-state index in [0.29, 0.717) is 17.2 Å². The molecule has 2 aliphatic heterocycles. The summed E-state index contributed by atoms with van der Waals surface area (Å²) in [7, 11) is 0. The maximum Gasteiger partial charge on any atom is 0.218 e. The molecule has 0 amide bonds. The van der Waals surface area contributed by atoms with E-state index < -0.39 is 6.29 Å². The normalized spacial score (nSPS) is 39.0. The van der Waals surface area contributed by atoms with Crippen molar-refractivity contribution in [2.75, 3.05) is 6.61 Å². The zero-order valence-electron chi connectivity index (χ0n) is 9.91. The van der Waals surface area contributed by atoms with E-state index in [-0.39, 0.29) is 35.4 Å². The molecule has 1 aromatic carbocycles. The van der Waals surface area contributed by atoms with Gasteiger partial charge in [-0.2, -0.15) is 0 Å². The summed E-state index contributed by atoms with van der Waals surface area (Å²) in [5.41, 5.74) is 0.605. The first-order valence-corrected chi connectivity index (χ1v) is 6.65. The molecular formula is C14H11ClO4. The fourth-order valence-corrected chi connectivity index (χ4v) is 3.36. The molecule has 1 saturated carbocycles. The summed E-state index contributed by atoms with van der Waals surface area (Å²) in [5.74, 6) is -0.529. The zero-order chi connectivity index (χ0) is 13.1. The lowest BCUT2D eigenvalue weighted by Crippen LogP contribution is -2.30. The van der Waals surface area contributed by atoms with E-state index in [9.17, 15) is 9.59 Å². The number of fused-ring (bicyclic) bond motifs is 4. The van der Waals surface area contributed by atoms with Crippen LogP contribution in [0.15, 0.2) is 24.3 Å². The molecule has 0 unspecified atom stereocenters. The molecular weight excluding hydrogens is 268 g/mol. The van der Waals surface area contributed by atoms with E-state index in [1.807, 2.05) is 0 Å². The molecule has 0 N–H and O–H groups in total. The van der Waals surface area contributed by atoms with Gasteiger partial charge < -0.3 is 9.47 Å². The van der Waals surface area contributed by atoms with Gasteiger partial charge in [-0.15, -0.1) is 0 Å². The first-order valence-electron chi connectivity index (χ1n) is 6.27. The molecule has 19 heavy (non-hydrogen) atoms. The van der Waals surface area contributed by atoms with Crippen molar-refractivity contribution >= 4 is 23.2 Å². The van der Waals surface area contributed by atoms with Crippen LogP contribution in [0.1, 0.15) is 10.4 Å². The molecule has 5 heteroatoms. The summed E-state index contributed by atoms with van der Waals surface area (Å²) in [4.78, 5) is 24.4. The summed E-state index contributed by atoms with van der Waals surface area (Å²) in [6, 6.07) is 6.78. The predicted octanol–water partition coefficient (Wildman–Crippen LogP) is 1.71. The van der Waals surface area contributed by atoms with Gasteiger partial charge in [0.15, 0.2) is 11.6 Å². The third kappa shape index (κ3) is 1.60. The van der Waals surface area contributed by atoms with Crippen molar-refractivity contribution in [3.63, 3.8) is 0 Å². The maximum atomic E-state index is 12.4. The van der Waals surface area contributed by atoms with Crippen LogP contribution in [-0.2, 0) is 14.3 Å². The molecule has 4 rings (SSSR count). The number of ketones is 2. The lowest BCUT2D eigenvalue weighted by Gasteiger charge is -2.14. The first kappa shape index (κ1) is 11.6. The van der Waals surface area contributed by atoms with E-state index in [1.54, 1.807) is 24.3 Å². The van der Waals surface area contributed by atoms with Crippen LogP contribution in [0.3, 0.4) is 0 Å². The van der Waals surface area contributed by atoms with Crippen LogP contribution in [0, 0.1) is 17.8 Å². The van der Waals surface area contributed by atoms with Crippen LogP contribution in [0.5, 0.6) is 0 Å². The Morgan fingerprint density at radius 2 is 2.00 bits per heavy atom. The third-order valence-corrected chi connectivity index (χ3v) is 4.46. The van der Waals surface area contributed by atoms with E-state index in [0.717, 1.165) is 0 Å². The second kappa shape index (κ2) is 3.88. The molecule has 5 atom stereocenters. The molecule has 3 fully saturated rings. The number of carbonyl (C=O) groups excluding carboxylic acids is 2. The predicted molar refractivity (Wildman–Crippen MR) is 65.9 cm³/mol. The molecule has 0 aromatic heterocycles. The first-order chi connectivity index (χ1) is 9.16. The molecule has 2 heterocycles. The quantitative estimate of drug-likeness (QED) is 0.773. The molecule has 1 aromatic rings. The van der Waals surface area contributed by atoms with Crippen molar-refractivity contribution in [3.8, 4) is 0 Å². The third-order valence-electron chi connectivity index (χ3n) is 4.21. The minimum atomic E-state index is -0.741. The summed E-state index contributed by atoms with van der Waals surface area (Å²) in [5, 5.41) is 0.594. The van der Waals surface area contributed by atoms with Crippen LogP contribution in [0.4, 0.5) is 0 Å². The van der Waals surface area contributed by atoms with Crippen molar-refractivity contribution in [1.29, 1.82) is 0 Å². The van der Waals surface area contributed by atoms with Gasteiger partial charge in [0.1, 0.15) is 0 Å². The molecule has 1 aliphatic carbocycles. The topological polar surface area (TPSA) is 52.6 Å². The van der Waals surface area contributed by atoms with E-state index in [2.05, 4.69) is 0 Å². The van der Waals surface area contributed by atoms with Gasteiger partial charge in [-0.25, -0.2) is 0 Å². The summed E-state index contributed by atoms with van der Waals surface area (Å²) >= 11 is 5.81. The van der Waals surface area contributed by atoms with Crippen LogP contribution in [-0.4, -0.2) is 30.6 Å². The summed E-state index contributed by atoms with van der Waals surface area (Å²) in [6.07, 6.45) is -0.844. The van der Waals surface area contributed by atoms with Crippen molar-refractivity contribution in [2.24, 2.45) is 17.8 Å². The number of rotatable bonds is 2. The summed E-state index contributed by atoms with van der Waals surface area (Å²) in [6.45, 7) is 0.419. The number of Topliss-reactive ketones (excluding diaryl/α,β-unsaturated/α-hetero) is 2. The highest BCUT2D eigenvalue weighted by molar-refractivity contribution is 6.30. The fourth-order valence-electron chi connectivity index (χ4n) is 3.24. The Kier molecular flexibility index (Phi) is 2.37. The Bertz CT molecular complexity index is 567. The maximum absolute atomic E-state index is 12.4. The average molecular weight is 279 g/mol. The van der Waals surface area contributed by atoms with Crippen molar-refractivity contribution in [2.45, 2.75) is 12.4 Å². The van der Waals surface area contributed by atoms with Gasteiger partial charge in [0.2, 0.25) is 6.29 Å². The van der Waals surface area contributed by atoms with Crippen LogP contribution >= 0.6 is 11.6 Å². The number of ether oxygens (including phenoxy) is 2. The Morgan fingerprint density at radius 1 is 1.26 bits per heavy atom. The van der Waals surface area contributed by atoms with Crippen LogP contribution in [0.25, 0.3) is 0 Å². The fraction of sp³-hybridized carbons (Fsp3) is 0.429. The van der Waals surface area contributed by atoms with Gasteiger partial charge in [0.05, 0.1) is 12.7 Å². The lowest BCUT2D eigenvalue weighted by atomic mass is 10.0. The zero-order valence-corrected chi connectivity index (χ0v) is 10.7. The van der Waals surface area contributed by atoms with Crippen molar-refractivity contribution in [3.05, 3.63) is 34.9 Å². The molecule has 3 aliphatic rings. The number of halogens is 1. The Balaban J connectivity index is 1.60. The number of benzene rings is 1. The minimum Gasteiger partial charge on any atom is -0.343 e. The van der Waals surface area contributed by atoms with Gasteiger partial charge in [-0.05, 0) is 24.3 Å². The number of hydrogen-bond acceptors (Lipinski definition) is 4. The molecule has 0 radical (unpaired) electrons. The van der Waals surface area contributed by atoms with E-state index in [1.165, 1.54) is 0 Å². The average Bonchev–Trinajstić information content (AvgIpc) is 3.02. The Labute approximate surface area is 114 Å². The van der Waals surface area contributed by atoms with E-state index in [4.69, 9.17) is 21.1 Å². The second-order valence-corrected chi connectivity index (χ2v) is 5.68. The van der Waals surface area contributed by atoms with Gasteiger partial charge in [-0.1, -0.05) is 11.6 Å². The van der Waals surface area contributed by atoms with Crippen LogP contribution in [0.2, 0.25) is 5.02 Å². The summed E-state index contributed by atoms with van der Waals surface area (Å²) < 4.78 is 10.7. The highest BCUT2D eigenvalue weighted by atomic mass is 35.5. The van der Waals surface area contributed by atoms with Crippen LogP contribution < -0.4 is 0 Å². The molecule has 2 saturated heterocycles. The van der Waals surface area contributed by atoms with Gasteiger partial charge >= 0.3 is 0 Å². The highest BCUT2D eigenvalue weighted by Crippen LogP contribution is 2.57. The number of carbonyl (C=O) groups is 2. The molecule has 98 valence electrons. The SMILES string of the molecule is O=C(c1ccc(Cl)cc1)[C@@H]1[C@H]2C(=O)[C@@H]3OC[C@@H](O3)[C@@H]12. The lowest BCUT2D eigenvalue weighted by molar-refractivity contribution is -0.153. The van der Waals surface area contributed by atoms with Gasteiger partial charge in [0, 0.05) is 28.3 Å². The smallest absolute Gasteiger partial charge is 0.218 e. The van der Waals surface area contributed by atoms with Gasteiger partial charge in [0.25, 0.3) is 0 Å². The Morgan fingerprint density at radius 3 is 2.74 bits per heavy atom. The number of hydrogen-bond donors (Lipinski definition) is 0. The minimum absolute atomic E-state index is 0.00516. The Hall–Kier alpha value is -1.23. The molecule has 2 bridgehead atoms. The van der Waals surface area contributed by atoms with Crippen molar-refractivity contribution < 1.29 is 19.1 Å². The molecule has 0 spiro atoms. The molecule has 4 nitrogen and oxygen atoms in total. The standard InChI is InChI=1S/C14H11ClO4/c15-7-3-1-6(2-4-7)12(16)10-9-8-5-18-14(19-8)13(17)11(9)10/h1-4,8-11,14H,5H2/t8-,9+,10+,11+,14-/m1/s1. The van der Waals surface area contributed by atoms with Crippen molar-refractivity contribution in [1.82, 2.24) is 0 Å². The monoisotopic (exact) mass is 278 g/mol. The van der Waals surface area contributed by atoms with Gasteiger partial charge in [-0.3, -0.25) is 9.59 Å². The highest BCUT2D eigenvalue weighted by Gasteiger charge is 2.68.